The standard InChI is InChI=1S/C12H12ClNO6S/c13-8-4-3-7(11(15)16)6-10(8)21(19,20)14-5-1-2-9(14)12(17)18/h3-4,6,9H,1-2,5H2,(H,15,16)(H,17,18)/t9-/m0/s1. The quantitative estimate of drug-likeness (QED) is 0.858. The number of carboxylic acid groups (broad SMARTS) is 2. The second-order valence-electron chi connectivity index (χ2n) is 4.56. The van der Waals surface area contributed by atoms with Gasteiger partial charge in [0.25, 0.3) is 0 Å². The van der Waals surface area contributed by atoms with Crippen LogP contribution in [0.25, 0.3) is 0 Å². The third-order valence-corrected chi connectivity index (χ3v) is 5.64. The van der Waals surface area contributed by atoms with E-state index < -0.39 is 32.9 Å². The predicted molar refractivity (Wildman–Crippen MR) is 73.0 cm³/mol. The molecule has 0 aliphatic carbocycles. The summed E-state index contributed by atoms with van der Waals surface area (Å²) in [6.07, 6.45) is 0.636. The van der Waals surface area contributed by atoms with E-state index in [0.29, 0.717) is 6.42 Å². The maximum Gasteiger partial charge on any atom is 0.335 e. The van der Waals surface area contributed by atoms with Crippen LogP contribution in [0.1, 0.15) is 23.2 Å². The highest BCUT2D eigenvalue weighted by Gasteiger charge is 2.40. The molecule has 2 N–H and O–H groups in total. The van der Waals surface area contributed by atoms with E-state index in [1.165, 1.54) is 12.1 Å². The fourth-order valence-electron chi connectivity index (χ4n) is 2.24. The Morgan fingerprint density at radius 1 is 1.29 bits per heavy atom. The molecule has 0 aromatic heterocycles. The lowest BCUT2D eigenvalue weighted by Gasteiger charge is -2.21. The predicted octanol–water partition coefficient (Wildman–Crippen LogP) is 1.28. The molecule has 0 amide bonds. The van der Waals surface area contributed by atoms with Crippen molar-refractivity contribution in [2.45, 2.75) is 23.8 Å². The van der Waals surface area contributed by atoms with Crippen LogP contribution in [-0.4, -0.2) is 47.5 Å². The highest BCUT2D eigenvalue weighted by Crippen LogP contribution is 2.31. The van der Waals surface area contributed by atoms with E-state index in [2.05, 4.69) is 0 Å². The molecule has 0 spiro atoms. The van der Waals surface area contributed by atoms with Gasteiger partial charge in [0, 0.05) is 6.54 Å². The minimum absolute atomic E-state index is 0.0624. The largest absolute Gasteiger partial charge is 0.480 e. The molecule has 1 atom stereocenters. The molecule has 0 radical (unpaired) electrons. The summed E-state index contributed by atoms with van der Waals surface area (Å²) in [5, 5.41) is 17.9. The first-order chi connectivity index (χ1) is 9.75. The third-order valence-electron chi connectivity index (χ3n) is 3.25. The molecule has 9 heteroatoms. The van der Waals surface area contributed by atoms with Crippen molar-refractivity contribution in [1.82, 2.24) is 4.31 Å². The Hall–Kier alpha value is -1.64. The lowest BCUT2D eigenvalue weighted by Crippen LogP contribution is -2.40. The highest BCUT2D eigenvalue weighted by atomic mass is 35.5. The van der Waals surface area contributed by atoms with Gasteiger partial charge in [0.05, 0.1) is 10.6 Å². The monoisotopic (exact) mass is 333 g/mol. The average Bonchev–Trinajstić information content (AvgIpc) is 2.88. The van der Waals surface area contributed by atoms with E-state index in [1.54, 1.807) is 0 Å². The number of sulfonamides is 1. The van der Waals surface area contributed by atoms with Crippen LogP contribution in [0.3, 0.4) is 0 Å². The normalized spacial score (nSPS) is 19.6. The van der Waals surface area contributed by atoms with E-state index in [9.17, 15) is 18.0 Å². The van der Waals surface area contributed by atoms with Crippen LogP contribution < -0.4 is 0 Å². The van der Waals surface area contributed by atoms with Crippen LogP contribution in [0.5, 0.6) is 0 Å². The fourth-order valence-corrected chi connectivity index (χ4v) is 4.39. The molecule has 114 valence electrons. The SMILES string of the molecule is O=C(O)c1ccc(Cl)c(S(=O)(=O)N2CCC[C@H]2C(=O)O)c1. The first-order valence-electron chi connectivity index (χ1n) is 6.02. The van der Waals surface area contributed by atoms with Crippen molar-refractivity contribution in [3.8, 4) is 0 Å². The molecular weight excluding hydrogens is 322 g/mol. The molecule has 1 aromatic carbocycles. The highest BCUT2D eigenvalue weighted by molar-refractivity contribution is 7.89. The first kappa shape index (κ1) is 15.7. The Bertz CT molecular complexity index is 702. The summed E-state index contributed by atoms with van der Waals surface area (Å²) in [5.41, 5.74) is -0.232. The van der Waals surface area contributed by atoms with Crippen LogP contribution in [0.15, 0.2) is 23.1 Å². The van der Waals surface area contributed by atoms with Crippen molar-refractivity contribution in [2.75, 3.05) is 6.54 Å². The Morgan fingerprint density at radius 2 is 1.95 bits per heavy atom. The maximum absolute atomic E-state index is 12.5. The lowest BCUT2D eigenvalue weighted by atomic mass is 10.2. The number of rotatable bonds is 4. The molecule has 1 heterocycles. The Kier molecular flexibility index (Phi) is 4.22. The molecule has 7 nitrogen and oxygen atoms in total. The number of hydrogen-bond acceptors (Lipinski definition) is 4. The molecule has 0 bridgehead atoms. The molecule has 21 heavy (non-hydrogen) atoms. The molecule has 1 aromatic rings. The number of carboxylic acids is 2. The summed E-state index contributed by atoms with van der Waals surface area (Å²) in [7, 11) is -4.16. The smallest absolute Gasteiger partial charge is 0.335 e. The summed E-state index contributed by atoms with van der Waals surface area (Å²) in [6.45, 7) is 0.0624. The van der Waals surface area contributed by atoms with Crippen LogP contribution in [0.2, 0.25) is 5.02 Å². The van der Waals surface area contributed by atoms with E-state index in [1.807, 2.05) is 0 Å². The van der Waals surface area contributed by atoms with Gasteiger partial charge in [0.1, 0.15) is 10.9 Å². The van der Waals surface area contributed by atoms with Crippen molar-refractivity contribution >= 4 is 33.6 Å². The summed E-state index contributed by atoms with van der Waals surface area (Å²) < 4.78 is 25.9. The van der Waals surface area contributed by atoms with E-state index in [0.717, 1.165) is 10.4 Å². The van der Waals surface area contributed by atoms with Crippen LogP contribution in [-0.2, 0) is 14.8 Å². The van der Waals surface area contributed by atoms with Gasteiger partial charge in [0.15, 0.2) is 0 Å². The van der Waals surface area contributed by atoms with Crippen molar-refractivity contribution < 1.29 is 28.2 Å². The number of aliphatic carboxylic acids is 1. The van der Waals surface area contributed by atoms with Crippen LogP contribution >= 0.6 is 11.6 Å². The molecule has 1 saturated heterocycles. The number of carbonyl (C=O) groups is 2. The molecule has 2 rings (SSSR count). The molecule has 1 aliphatic rings. The molecule has 0 saturated carbocycles. The minimum Gasteiger partial charge on any atom is -0.480 e. The van der Waals surface area contributed by atoms with E-state index in [-0.39, 0.29) is 23.6 Å². The van der Waals surface area contributed by atoms with Gasteiger partial charge < -0.3 is 10.2 Å². The topological polar surface area (TPSA) is 112 Å². The van der Waals surface area contributed by atoms with Crippen molar-refractivity contribution in [2.24, 2.45) is 0 Å². The molecule has 1 fully saturated rings. The zero-order valence-corrected chi connectivity index (χ0v) is 12.3. The number of aromatic carboxylic acids is 1. The Balaban J connectivity index is 2.51. The number of nitrogens with zero attached hydrogens (tertiary/aromatic N) is 1. The second-order valence-corrected chi connectivity index (χ2v) is 6.83. The van der Waals surface area contributed by atoms with Crippen LogP contribution in [0, 0.1) is 0 Å². The van der Waals surface area contributed by atoms with Crippen LogP contribution in [0.4, 0.5) is 0 Å². The van der Waals surface area contributed by atoms with Gasteiger partial charge in [0.2, 0.25) is 10.0 Å². The summed E-state index contributed by atoms with van der Waals surface area (Å²) >= 11 is 5.84. The number of hydrogen-bond donors (Lipinski definition) is 2. The van der Waals surface area contributed by atoms with Crippen molar-refractivity contribution in [1.29, 1.82) is 0 Å². The van der Waals surface area contributed by atoms with Gasteiger partial charge in [-0.05, 0) is 31.0 Å². The van der Waals surface area contributed by atoms with Crippen molar-refractivity contribution in [3.63, 3.8) is 0 Å². The molecule has 0 unspecified atom stereocenters. The first-order valence-corrected chi connectivity index (χ1v) is 7.84. The number of benzene rings is 1. The van der Waals surface area contributed by atoms with E-state index >= 15 is 0 Å². The summed E-state index contributed by atoms with van der Waals surface area (Å²) in [4.78, 5) is 21.7. The van der Waals surface area contributed by atoms with Gasteiger partial charge in [-0.3, -0.25) is 4.79 Å². The van der Waals surface area contributed by atoms with Gasteiger partial charge in [-0.1, -0.05) is 11.6 Å². The zero-order valence-electron chi connectivity index (χ0n) is 10.7. The lowest BCUT2D eigenvalue weighted by molar-refractivity contribution is -0.140. The van der Waals surface area contributed by atoms with Crippen molar-refractivity contribution in [3.05, 3.63) is 28.8 Å². The molecular formula is C12H12ClNO6S. The fraction of sp³-hybridized carbons (Fsp3) is 0.333. The average molecular weight is 334 g/mol. The summed E-state index contributed by atoms with van der Waals surface area (Å²) in [6, 6.07) is 2.14. The molecule has 1 aliphatic heterocycles. The second kappa shape index (κ2) is 5.63. The van der Waals surface area contributed by atoms with Gasteiger partial charge in [-0.15, -0.1) is 0 Å². The van der Waals surface area contributed by atoms with Gasteiger partial charge in [-0.2, -0.15) is 4.31 Å². The maximum atomic E-state index is 12.5. The number of halogens is 1. The minimum atomic E-state index is -4.16. The summed E-state index contributed by atoms with van der Waals surface area (Å²) in [5.74, 6) is -2.53. The van der Waals surface area contributed by atoms with Gasteiger partial charge in [-0.25, -0.2) is 13.2 Å². The Morgan fingerprint density at radius 3 is 2.52 bits per heavy atom. The van der Waals surface area contributed by atoms with E-state index in [4.69, 9.17) is 21.8 Å². The third kappa shape index (κ3) is 2.87. The zero-order chi connectivity index (χ0) is 15.8. The Labute approximate surface area is 125 Å². The van der Waals surface area contributed by atoms with Gasteiger partial charge >= 0.3 is 11.9 Å².